The van der Waals surface area contributed by atoms with Crippen molar-refractivity contribution in [1.82, 2.24) is 10.3 Å². The van der Waals surface area contributed by atoms with Gasteiger partial charge in [0.25, 0.3) is 5.91 Å². The molecule has 0 radical (unpaired) electrons. The second-order valence-corrected chi connectivity index (χ2v) is 5.21. The Balaban J connectivity index is 2.72. The molecule has 7 nitrogen and oxygen atoms in total. The van der Waals surface area contributed by atoms with Crippen molar-refractivity contribution in [2.45, 2.75) is 46.6 Å². The van der Waals surface area contributed by atoms with E-state index < -0.39 is 17.9 Å². The number of aromatic nitrogens is 1. The fourth-order valence-electron chi connectivity index (χ4n) is 1.81. The third-order valence-corrected chi connectivity index (χ3v) is 2.89. The van der Waals surface area contributed by atoms with Crippen LogP contribution in [-0.2, 0) is 14.3 Å². The molecule has 0 fully saturated rings. The molecule has 0 saturated carbocycles. The Labute approximate surface area is 135 Å². The smallest absolute Gasteiger partial charge is 0.308 e. The van der Waals surface area contributed by atoms with E-state index >= 15 is 0 Å². The fraction of sp³-hybridized carbons (Fsp3) is 0.500. The molecule has 1 heterocycles. The van der Waals surface area contributed by atoms with Crippen LogP contribution >= 0.6 is 0 Å². The highest BCUT2D eigenvalue weighted by molar-refractivity contribution is 5.96. The van der Waals surface area contributed by atoms with Gasteiger partial charge in [-0.3, -0.25) is 14.4 Å². The van der Waals surface area contributed by atoms with Gasteiger partial charge in [0.15, 0.2) is 11.4 Å². The number of nitrogens with one attached hydrogen (secondary N) is 1. The summed E-state index contributed by atoms with van der Waals surface area (Å²) in [6.45, 7) is 6.63. The summed E-state index contributed by atoms with van der Waals surface area (Å²) in [5.41, 5.74) is 0.648. The lowest BCUT2D eigenvalue weighted by Crippen LogP contribution is -2.37. The molecule has 0 aromatic carbocycles. The molecule has 0 aliphatic carbocycles. The van der Waals surface area contributed by atoms with Gasteiger partial charge in [-0.25, -0.2) is 4.98 Å². The second kappa shape index (κ2) is 8.87. The largest absolute Gasteiger partial charge is 0.464 e. The van der Waals surface area contributed by atoms with Crippen molar-refractivity contribution in [2.75, 3.05) is 6.61 Å². The van der Waals surface area contributed by atoms with Gasteiger partial charge in [-0.2, -0.15) is 0 Å². The van der Waals surface area contributed by atoms with E-state index in [2.05, 4.69) is 10.3 Å². The first-order chi connectivity index (χ1) is 10.8. The molecular weight excluding hydrogens is 300 g/mol. The van der Waals surface area contributed by atoms with Crippen molar-refractivity contribution >= 4 is 17.8 Å². The van der Waals surface area contributed by atoms with Gasteiger partial charge in [-0.1, -0.05) is 6.92 Å². The van der Waals surface area contributed by atoms with Crippen LogP contribution in [0.25, 0.3) is 0 Å². The predicted molar refractivity (Wildman–Crippen MR) is 83.1 cm³/mol. The third kappa shape index (κ3) is 6.06. The zero-order valence-electron chi connectivity index (χ0n) is 13.8. The Morgan fingerprint density at radius 2 is 2.04 bits per heavy atom. The number of hydrogen-bond donors (Lipinski definition) is 1. The molecule has 23 heavy (non-hydrogen) atoms. The summed E-state index contributed by atoms with van der Waals surface area (Å²) in [6, 6.07) is 1.25. The molecule has 1 amide bonds. The first-order valence-electron chi connectivity index (χ1n) is 7.45. The van der Waals surface area contributed by atoms with Gasteiger partial charge in [0.2, 0.25) is 0 Å². The van der Waals surface area contributed by atoms with Gasteiger partial charge in [0, 0.05) is 19.5 Å². The molecule has 1 N–H and O–H groups in total. The van der Waals surface area contributed by atoms with E-state index in [1.54, 1.807) is 19.9 Å². The number of carbonyl (C=O) groups excluding carboxylic acids is 3. The van der Waals surface area contributed by atoms with Crippen LogP contribution in [0.3, 0.4) is 0 Å². The lowest BCUT2D eigenvalue weighted by Gasteiger charge is -2.15. The van der Waals surface area contributed by atoms with Crippen molar-refractivity contribution in [3.63, 3.8) is 0 Å². The lowest BCUT2D eigenvalue weighted by molar-refractivity contribution is -0.144. The summed E-state index contributed by atoms with van der Waals surface area (Å²) in [5.74, 6) is -1.20. The molecule has 1 aromatic heterocycles. The third-order valence-electron chi connectivity index (χ3n) is 2.89. The molecular formula is C16H22N2O5. The van der Waals surface area contributed by atoms with Crippen LogP contribution < -0.4 is 10.1 Å². The molecule has 1 unspecified atom stereocenters. The molecule has 7 heteroatoms. The van der Waals surface area contributed by atoms with Crippen LogP contribution in [0.4, 0.5) is 0 Å². The van der Waals surface area contributed by atoms with E-state index in [0.717, 1.165) is 0 Å². The Hall–Kier alpha value is -2.44. The van der Waals surface area contributed by atoms with E-state index in [1.165, 1.54) is 13.1 Å². The molecule has 0 aliphatic rings. The summed E-state index contributed by atoms with van der Waals surface area (Å²) < 4.78 is 10.1. The second-order valence-electron chi connectivity index (χ2n) is 5.21. The number of carbonyl (C=O) groups is 3. The topological polar surface area (TPSA) is 94.6 Å². The zero-order valence-corrected chi connectivity index (χ0v) is 13.8. The highest BCUT2D eigenvalue weighted by atomic mass is 16.5. The van der Waals surface area contributed by atoms with Gasteiger partial charge in [-0.05, 0) is 31.9 Å². The van der Waals surface area contributed by atoms with Crippen LogP contribution in [0.15, 0.2) is 12.3 Å². The summed E-state index contributed by atoms with van der Waals surface area (Å²) in [4.78, 5) is 38.7. The Morgan fingerprint density at radius 3 is 2.65 bits per heavy atom. The maximum absolute atomic E-state index is 12.3. The quantitative estimate of drug-likeness (QED) is 0.769. The molecule has 1 aromatic rings. The maximum Gasteiger partial charge on any atom is 0.308 e. The first-order valence-corrected chi connectivity index (χ1v) is 7.45. The van der Waals surface area contributed by atoms with Gasteiger partial charge < -0.3 is 14.8 Å². The van der Waals surface area contributed by atoms with Crippen LogP contribution in [0.1, 0.15) is 49.7 Å². The number of hydrogen-bond acceptors (Lipinski definition) is 6. The number of esters is 2. The minimum Gasteiger partial charge on any atom is -0.464 e. The Kier molecular flexibility index (Phi) is 7.18. The summed E-state index contributed by atoms with van der Waals surface area (Å²) in [6.07, 6.45) is 2.51. The SMILES string of the molecule is CCCC(=O)OCC(C)NC(=O)c1nccc(C)c1OC(C)=O. The van der Waals surface area contributed by atoms with Gasteiger partial charge in [0.1, 0.15) is 6.61 Å². The normalized spacial score (nSPS) is 11.5. The van der Waals surface area contributed by atoms with Crippen LogP contribution in [0, 0.1) is 6.92 Å². The summed E-state index contributed by atoms with van der Waals surface area (Å²) in [5, 5.41) is 2.66. The number of pyridine rings is 1. The number of amides is 1. The van der Waals surface area contributed by atoms with Crippen molar-refractivity contribution in [1.29, 1.82) is 0 Å². The lowest BCUT2D eigenvalue weighted by atomic mass is 10.2. The highest BCUT2D eigenvalue weighted by Gasteiger charge is 2.20. The van der Waals surface area contributed by atoms with Gasteiger partial charge >= 0.3 is 11.9 Å². The molecule has 126 valence electrons. The van der Waals surface area contributed by atoms with Crippen molar-refractivity contribution in [3.8, 4) is 5.75 Å². The van der Waals surface area contributed by atoms with Crippen molar-refractivity contribution in [2.24, 2.45) is 0 Å². The van der Waals surface area contributed by atoms with Crippen molar-refractivity contribution < 1.29 is 23.9 Å². The summed E-state index contributed by atoms with van der Waals surface area (Å²) in [7, 11) is 0. The number of ether oxygens (including phenoxy) is 2. The van der Waals surface area contributed by atoms with E-state index in [-0.39, 0.29) is 24.0 Å². The average Bonchev–Trinajstić information content (AvgIpc) is 2.47. The molecule has 1 rings (SSSR count). The zero-order chi connectivity index (χ0) is 17.4. The summed E-state index contributed by atoms with van der Waals surface area (Å²) >= 11 is 0. The molecule has 0 spiro atoms. The number of nitrogens with zero attached hydrogens (tertiary/aromatic N) is 1. The highest BCUT2D eigenvalue weighted by Crippen LogP contribution is 2.21. The first kappa shape index (κ1) is 18.6. The predicted octanol–water partition coefficient (Wildman–Crippen LogP) is 1.78. The fourth-order valence-corrected chi connectivity index (χ4v) is 1.81. The number of aryl methyl sites for hydroxylation is 1. The molecule has 0 bridgehead atoms. The molecule has 0 aliphatic heterocycles. The minimum absolute atomic E-state index is 0.0203. The van der Waals surface area contributed by atoms with E-state index in [1.807, 2.05) is 6.92 Å². The minimum atomic E-state index is -0.531. The van der Waals surface area contributed by atoms with E-state index in [0.29, 0.717) is 18.4 Å². The standard InChI is InChI=1S/C16H22N2O5/c1-5-6-13(20)22-9-11(3)18-16(21)14-15(23-12(4)19)10(2)7-8-17-14/h7-8,11H,5-6,9H2,1-4H3,(H,18,21). The van der Waals surface area contributed by atoms with E-state index in [9.17, 15) is 14.4 Å². The maximum atomic E-state index is 12.3. The Bertz CT molecular complexity index is 586. The Morgan fingerprint density at radius 1 is 1.35 bits per heavy atom. The molecule has 0 saturated heterocycles. The van der Waals surface area contributed by atoms with Gasteiger partial charge in [-0.15, -0.1) is 0 Å². The van der Waals surface area contributed by atoms with Gasteiger partial charge in [0.05, 0.1) is 6.04 Å². The van der Waals surface area contributed by atoms with E-state index in [4.69, 9.17) is 9.47 Å². The average molecular weight is 322 g/mol. The number of rotatable bonds is 7. The monoisotopic (exact) mass is 322 g/mol. The van der Waals surface area contributed by atoms with Crippen LogP contribution in [0.2, 0.25) is 0 Å². The molecule has 1 atom stereocenters. The van der Waals surface area contributed by atoms with Crippen LogP contribution in [-0.4, -0.2) is 35.5 Å². The van der Waals surface area contributed by atoms with Crippen molar-refractivity contribution in [3.05, 3.63) is 23.5 Å². The van der Waals surface area contributed by atoms with Crippen LogP contribution in [0.5, 0.6) is 5.75 Å².